The number of nitrogens with zero attached hydrogens (tertiary/aromatic N) is 2. The molecule has 0 spiro atoms. The third-order valence-corrected chi connectivity index (χ3v) is 4.11. The van der Waals surface area contributed by atoms with Gasteiger partial charge in [0.2, 0.25) is 12.3 Å². The van der Waals surface area contributed by atoms with Crippen molar-refractivity contribution in [3.8, 4) is 11.6 Å². The number of anilines is 1. The van der Waals surface area contributed by atoms with Gasteiger partial charge in [0.25, 0.3) is 0 Å². The van der Waals surface area contributed by atoms with Crippen molar-refractivity contribution in [1.29, 1.82) is 0 Å². The molecule has 1 fully saturated rings. The Hall–Kier alpha value is -2.70. The highest BCUT2D eigenvalue weighted by molar-refractivity contribution is 5.88. The van der Waals surface area contributed by atoms with Crippen molar-refractivity contribution < 1.29 is 18.3 Å². The minimum absolute atomic E-state index is 0.315. The Balaban J connectivity index is 1.58. The van der Waals surface area contributed by atoms with E-state index in [4.69, 9.17) is 4.74 Å². The van der Waals surface area contributed by atoms with Crippen molar-refractivity contribution in [2.24, 2.45) is 5.92 Å². The molecule has 3 rings (SSSR count). The fourth-order valence-electron chi connectivity index (χ4n) is 2.69. The fraction of sp³-hybridized carbons (Fsp3) is 0.333. The number of benzene rings is 1. The second-order valence-corrected chi connectivity index (χ2v) is 5.87. The number of amides is 2. The summed E-state index contributed by atoms with van der Waals surface area (Å²) in [6, 6.07) is 13.9. The molecule has 5 nitrogen and oxygen atoms in total. The standard InChI is InChI=1S/C18H19F2N3O2/c19-17(20)13-9-11-23(12-10-13)18(24)22-15-7-4-8-16(21-15)25-14-5-2-1-3-6-14/h1-8,13,17H,9-12H2,(H,21,22,24). The zero-order valence-corrected chi connectivity index (χ0v) is 13.6. The van der Waals surface area contributed by atoms with Gasteiger partial charge in [-0.15, -0.1) is 0 Å². The monoisotopic (exact) mass is 347 g/mol. The second-order valence-electron chi connectivity index (χ2n) is 5.87. The van der Waals surface area contributed by atoms with Gasteiger partial charge >= 0.3 is 6.03 Å². The highest BCUT2D eigenvalue weighted by Crippen LogP contribution is 2.24. The summed E-state index contributed by atoms with van der Waals surface area (Å²) in [5, 5.41) is 2.69. The average molecular weight is 347 g/mol. The van der Waals surface area contributed by atoms with E-state index in [1.165, 1.54) is 4.90 Å². The number of hydrogen-bond acceptors (Lipinski definition) is 3. The maximum atomic E-state index is 12.7. The Kier molecular flexibility index (Phi) is 5.42. The van der Waals surface area contributed by atoms with Gasteiger partial charge in [-0.1, -0.05) is 24.3 Å². The lowest BCUT2D eigenvalue weighted by Gasteiger charge is -2.31. The topological polar surface area (TPSA) is 54.5 Å². The normalized spacial score (nSPS) is 15.2. The number of ether oxygens (including phenoxy) is 1. The Bertz CT molecular complexity index is 704. The first-order chi connectivity index (χ1) is 12.1. The Morgan fingerprint density at radius 3 is 2.52 bits per heavy atom. The molecule has 2 heterocycles. The third kappa shape index (κ3) is 4.65. The van der Waals surface area contributed by atoms with Gasteiger partial charge in [-0.3, -0.25) is 5.32 Å². The molecule has 0 bridgehead atoms. The number of nitrogens with one attached hydrogen (secondary N) is 1. The molecule has 0 aliphatic carbocycles. The first-order valence-electron chi connectivity index (χ1n) is 8.16. The maximum absolute atomic E-state index is 12.7. The summed E-state index contributed by atoms with van der Waals surface area (Å²) in [4.78, 5) is 18.0. The molecule has 1 N–H and O–H groups in total. The van der Waals surface area contributed by atoms with E-state index in [0.29, 0.717) is 43.4 Å². The van der Waals surface area contributed by atoms with Crippen LogP contribution in [0.5, 0.6) is 11.6 Å². The van der Waals surface area contributed by atoms with Gasteiger partial charge in [0.15, 0.2) is 0 Å². The number of piperidine rings is 1. The number of halogens is 2. The quantitative estimate of drug-likeness (QED) is 0.893. The molecule has 132 valence electrons. The van der Waals surface area contributed by atoms with Gasteiger partial charge in [-0.2, -0.15) is 4.98 Å². The lowest BCUT2D eigenvalue weighted by Crippen LogP contribution is -2.42. The zero-order chi connectivity index (χ0) is 17.6. The molecule has 0 radical (unpaired) electrons. The lowest BCUT2D eigenvalue weighted by molar-refractivity contribution is 0.0433. The molecule has 0 saturated carbocycles. The fourth-order valence-corrected chi connectivity index (χ4v) is 2.69. The number of hydrogen-bond donors (Lipinski definition) is 1. The molecular formula is C18H19F2N3O2. The molecule has 2 aromatic rings. The number of carbonyl (C=O) groups is 1. The summed E-state index contributed by atoms with van der Waals surface area (Å²) < 4.78 is 31.0. The first kappa shape index (κ1) is 17.1. The number of aromatic nitrogens is 1. The van der Waals surface area contributed by atoms with Gasteiger partial charge in [0.1, 0.15) is 11.6 Å². The third-order valence-electron chi connectivity index (χ3n) is 4.11. The average Bonchev–Trinajstić information content (AvgIpc) is 2.63. The molecule has 1 aliphatic rings. The molecule has 1 saturated heterocycles. The van der Waals surface area contributed by atoms with Gasteiger partial charge in [-0.05, 0) is 31.0 Å². The van der Waals surface area contributed by atoms with Crippen LogP contribution in [0.25, 0.3) is 0 Å². The molecule has 7 heteroatoms. The van der Waals surface area contributed by atoms with Crippen LogP contribution in [0.4, 0.5) is 19.4 Å². The van der Waals surface area contributed by atoms with Crippen LogP contribution in [0.1, 0.15) is 12.8 Å². The minimum Gasteiger partial charge on any atom is -0.439 e. The first-order valence-corrected chi connectivity index (χ1v) is 8.16. The van der Waals surface area contributed by atoms with E-state index >= 15 is 0 Å². The zero-order valence-electron chi connectivity index (χ0n) is 13.6. The molecule has 2 amide bonds. The van der Waals surface area contributed by atoms with E-state index in [9.17, 15) is 13.6 Å². The van der Waals surface area contributed by atoms with Crippen LogP contribution in [-0.4, -0.2) is 35.4 Å². The Labute approximate surface area is 144 Å². The summed E-state index contributed by atoms with van der Waals surface area (Å²) in [5.74, 6) is 0.743. The van der Waals surface area contributed by atoms with Crippen molar-refractivity contribution >= 4 is 11.8 Å². The van der Waals surface area contributed by atoms with Crippen molar-refractivity contribution in [2.45, 2.75) is 19.3 Å². The summed E-state index contributed by atoms with van der Waals surface area (Å²) in [5.41, 5.74) is 0. The van der Waals surface area contributed by atoms with Crippen LogP contribution in [0, 0.1) is 5.92 Å². The number of rotatable bonds is 4. The van der Waals surface area contributed by atoms with E-state index in [2.05, 4.69) is 10.3 Å². The van der Waals surface area contributed by atoms with Crippen molar-refractivity contribution in [1.82, 2.24) is 9.88 Å². The van der Waals surface area contributed by atoms with Crippen LogP contribution in [-0.2, 0) is 0 Å². The number of pyridine rings is 1. The minimum atomic E-state index is -2.32. The maximum Gasteiger partial charge on any atom is 0.323 e. The van der Waals surface area contributed by atoms with Gasteiger partial charge in [0, 0.05) is 25.1 Å². The number of alkyl halides is 2. The smallest absolute Gasteiger partial charge is 0.323 e. The highest BCUT2D eigenvalue weighted by Gasteiger charge is 2.28. The summed E-state index contributed by atoms with van der Waals surface area (Å²) in [6.45, 7) is 0.641. The number of urea groups is 1. The van der Waals surface area contributed by atoms with Crippen LogP contribution in [0.3, 0.4) is 0 Å². The predicted octanol–water partition coefficient (Wildman–Crippen LogP) is 4.38. The lowest BCUT2D eigenvalue weighted by atomic mass is 9.98. The van der Waals surface area contributed by atoms with Gasteiger partial charge < -0.3 is 9.64 Å². The van der Waals surface area contributed by atoms with Crippen LogP contribution in [0.15, 0.2) is 48.5 Å². The number of likely N-dealkylation sites (tertiary alicyclic amines) is 1. The van der Waals surface area contributed by atoms with Crippen LogP contribution >= 0.6 is 0 Å². The summed E-state index contributed by atoms with van der Waals surface area (Å²) in [6.07, 6.45) is -1.69. The summed E-state index contributed by atoms with van der Waals surface area (Å²) >= 11 is 0. The SMILES string of the molecule is O=C(Nc1cccc(Oc2ccccc2)n1)N1CCC(C(F)F)CC1. The van der Waals surface area contributed by atoms with Crippen molar-refractivity contribution in [3.05, 3.63) is 48.5 Å². The van der Waals surface area contributed by atoms with Gasteiger partial charge in [-0.25, -0.2) is 13.6 Å². The molecular weight excluding hydrogens is 328 g/mol. The molecule has 1 aromatic carbocycles. The van der Waals surface area contributed by atoms with Crippen molar-refractivity contribution in [2.75, 3.05) is 18.4 Å². The molecule has 0 unspecified atom stereocenters. The molecule has 25 heavy (non-hydrogen) atoms. The van der Waals surface area contributed by atoms with E-state index in [0.717, 1.165) is 0 Å². The van der Waals surface area contributed by atoms with Crippen LogP contribution in [0.2, 0.25) is 0 Å². The molecule has 0 atom stereocenters. The summed E-state index contributed by atoms with van der Waals surface area (Å²) in [7, 11) is 0. The highest BCUT2D eigenvalue weighted by atomic mass is 19.3. The Morgan fingerprint density at radius 2 is 1.84 bits per heavy atom. The number of carbonyl (C=O) groups excluding carboxylic acids is 1. The van der Waals surface area contributed by atoms with E-state index in [1.807, 2.05) is 18.2 Å². The second kappa shape index (κ2) is 7.92. The largest absolute Gasteiger partial charge is 0.439 e. The van der Waals surface area contributed by atoms with E-state index in [-0.39, 0.29) is 6.03 Å². The van der Waals surface area contributed by atoms with Gasteiger partial charge in [0.05, 0.1) is 0 Å². The predicted molar refractivity (Wildman–Crippen MR) is 90.1 cm³/mol. The van der Waals surface area contributed by atoms with E-state index in [1.54, 1.807) is 30.3 Å². The van der Waals surface area contributed by atoms with Crippen LogP contribution < -0.4 is 10.1 Å². The Morgan fingerprint density at radius 1 is 1.12 bits per heavy atom. The number of para-hydroxylation sites is 1. The molecule has 1 aliphatic heterocycles. The van der Waals surface area contributed by atoms with E-state index < -0.39 is 12.3 Å². The molecule has 1 aromatic heterocycles. The van der Waals surface area contributed by atoms with Crippen molar-refractivity contribution in [3.63, 3.8) is 0 Å².